The average molecular weight is 348 g/mol. The maximum Gasteiger partial charge on any atom is 0.233 e. The monoisotopic (exact) mass is 347 g/mol. The number of anilines is 1. The number of carbonyl (C=O) groups excluding carboxylic acids is 1. The summed E-state index contributed by atoms with van der Waals surface area (Å²) in [5.41, 5.74) is 2.27. The van der Waals surface area contributed by atoms with Crippen LogP contribution in [0.15, 0.2) is 35.8 Å². The van der Waals surface area contributed by atoms with Gasteiger partial charge in [-0.25, -0.2) is 4.98 Å². The van der Waals surface area contributed by atoms with E-state index in [-0.39, 0.29) is 16.9 Å². The highest BCUT2D eigenvalue weighted by atomic mass is 32.1. The van der Waals surface area contributed by atoms with Gasteiger partial charge in [0.2, 0.25) is 5.91 Å². The molecule has 1 amide bonds. The van der Waals surface area contributed by atoms with E-state index in [0.717, 1.165) is 12.0 Å². The largest absolute Gasteiger partial charge is 0.308 e. The molecule has 1 atom stereocenters. The average Bonchev–Trinajstić information content (AvgIpc) is 2.99. The van der Waals surface area contributed by atoms with E-state index in [4.69, 9.17) is 12.2 Å². The Labute approximate surface area is 146 Å². The normalized spacial score (nSPS) is 12.0. The molecule has 0 saturated heterocycles. The Bertz CT molecular complexity index is 651. The van der Waals surface area contributed by atoms with Crippen LogP contribution < -0.4 is 10.6 Å². The first-order valence-corrected chi connectivity index (χ1v) is 8.84. The standard InChI is InChI=1S/C17H21N3OS2/c1-11(2)10-13-4-6-14(7-5-13)12(3)15(21)19-16(22)20-17-18-8-9-23-17/h4-9,11-12H,10H2,1-3H3,(H2,18,19,20,21,22). The van der Waals surface area contributed by atoms with Gasteiger partial charge in [0, 0.05) is 11.6 Å². The molecular weight excluding hydrogens is 326 g/mol. The molecule has 23 heavy (non-hydrogen) atoms. The molecule has 0 aliphatic heterocycles. The van der Waals surface area contributed by atoms with Gasteiger partial charge < -0.3 is 10.6 Å². The molecule has 0 spiro atoms. The van der Waals surface area contributed by atoms with Gasteiger partial charge in [0.1, 0.15) is 0 Å². The minimum absolute atomic E-state index is 0.129. The fourth-order valence-corrected chi connectivity index (χ4v) is 2.99. The summed E-state index contributed by atoms with van der Waals surface area (Å²) in [5, 5.41) is 8.39. The lowest BCUT2D eigenvalue weighted by Crippen LogP contribution is -2.36. The van der Waals surface area contributed by atoms with Crippen molar-refractivity contribution in [2.24, 2.45) is 5.92 Å². The fourth-order valence-electron chi connectivity index (χ4n) is 2.20. The smallest absolute Gasteiger partial charge is 0.233 e. The summed E-state index contributed by atoms with van der Waals surface area (Å²) < 4.78 is 0. The van der Waals surface area contributed by atoms with E-state index in [9.17, 15) is 4.79 Å². The van der Waals surface area contributed by atoms with Crippen molar-refractivity contribution in [3.63, 3.8) is 0 Å². The zero-order valence-electron chi connectivity index (χ0n) is 13.5. The minimum Gasteiger partial charge on any atom is -0.308 e. The molecule has 1 aromatic carbocycles. The van der Waals surface area contributed by atoms with Crippen LogP contribution in [0.5, 0.6) is 0 Å². The quantitative estimate of drug-likeness (QED) is 0.804. The number of nitrogens with one attached hydrogen (secondary N) is 2. The second-order valence-electron chi connectivity index (χ2n) is 5.84. The second-order valence-corrected chi connectivity index (χ2v) is 7.14. The van der Waals surface area contributed by atoms with Gasteiger partial charge in [-0.15, -0.1) is 11.3 Å². The Morgan fingerprint density at radius 3 is 2.52 bits per heavy atom. The van der Waals surface area contributed by atoms with Gasteiger partial charge in [0.15, 0.2) is 10.2 Å². The number of benzene rings is 1. The third kappa shape index (κ3) is 5.41. The number of carbonyl (C=O) groups is 1. The molecule has 6 heteroatoms. The number of nitrogens with zero attached hydrogens (tertiary/aromatic N) is 1. The van der Waals surface area contributed by atoms with Crippen LogP contribution in [0.2, 0.25) is 0 Å². The van der Waals surface area contributed by atoms with Crippen molar-refractivity contribution in [3.05, 3.63) is 47.0 Å². The Hall–Kier alpha value is -1.79. The van der Waals surface area contributed by atoms with Crippen molar-refractivity contribution in [3.8, 4) is 0 Å². The molecule has 2 rings (SSSR count). The number of thiocarbonyl (C=S) groups is 1. The lowest BCUT2D eigenvalue weighted by molar-refractivity contribution is -0.120. The van der Waals surface area contributed by atoms with E-state index >= 15 is 0 Å². The van der Waals surface area contributed by atoms with Gasteiger partial charge in [0.05, 0.1) is 5.92 Å². The van der Waals surface area contributed by atoms with E-state index in [0.29, 0.717) is 11.0 Å². The van der Waals surface area contributed by atoms with Crippen molar-refractivity contribution in [2.45, 2.75) is 33.1 Å². The van der Waals surface area contributed by atoms with E-state index < -0.39 is 0 Å². The summed E-state index contributed by atoms with van der Waals surface area (Å²) in [6.45, 7) is 6.26. The highest BCUT2D eigenvalue weighted by molar-refractivity contribution is 7.80. The molecule has 0 fully saturated rings. The lowest BCUT2D eigenvalue weighted by atomic mass is 9.96. The van der Waals surface area contributed by atoms with E-state index in [2.05, 4.69) is 41.6 Å². The van der Waals surface area contributed by atoms with Crippen molar-refractivity contribution >= 4 is 39.7 Å². The maximum absolute atomic E-state index is 12.3. The summed E-state index contributed by atoms with van der Waals surface area (Å²) in [4.78, 5) is 16.4. The summed E-state index contributed by atoms with van der Waals surface area (Å²) in [6, 6.07) is 8.20. The summed E-state index contributed by atoms with van der Waals surface area (Å²) in [7, 11) is 0. The molecule has 122 valence electrons. The second kappa shape index (κ2) is 8.17. The van der Waals surface area contributed by atoms with Crippen molar-refractivity contribution in [2.75, 3.05) is 5.32 Å². The summed E-state index contributed by atoms with van der Waals surface area (Å²) in [6.07, 6.45) is 2.72. The van der Waals surface area contributed by atoms with Crippen molar-refractivity contribution < 1.29 is 4.79 Å². The Kier molecular flexibility index (Phi) is 6.24. The third-order valence-electron chi connectivity index (χ3n) is 3.41. The highest BCUT2D eigenvalue weighted by Crippen LogP contribution is 2.18. The Morgan fingerprint density at radius 1 is 1.26 bits per heavy atom. The molecule has 2 aromatic rings. The van der Waals surface area contributed by atoms with Gasteiger partial charge in [-0.2, -0.15) is 0 Å². The van der Waals surface area contributed by atoms with Crippen LogP contribution in [0, 0.1) is 5.92 Å². The van der Waals surface area contributed by atoms with Gasteiger partial charge in [-0.05, 0) is 42.6 Å². The lowest BCUT2D eigenvalue weighted by Gasteiger charge is -2.14. The fraction of sp³-hybridized carbons (Fsp3) is 0.353. The number of hydrogen-bond donors (Lipinski definition) is 2. The van der Waals surface area contributed by atoms with Crippen LogP contribution in [-0.2, 0) is 11.2 Å². The number of aromatic nitrogens is 1. The van der Waals surface area contributed by atoms with Gasteiger partial charge in [0.25, 0.3) is 0 Å². The zero-order chi connectivity index (χ0) is 16.8. The van der Waals surface area contributed by atoms with E-state index in [1.165, 1.54) is 16.9 Å². The first-order valence-electron chi connectivity index (χ1n) is 7.56. The van der Waals surface area contributed by atoms with Crippen molar-refractivity contribution in [1.29, 1.82) is 0 Å². The molecule has 0 radical (unpaired) electrons. The van der Waals surface area contributed by atoms with Gasteiger partial charge in [-0.3, -0.25) is 4.79 Å². The SMILES string of the molecule is CC(C)Cc1ccc(C(C)C(=O)NC(=S)Nc2nccs2)cc1. The molecule has 0 saturated carbocycles. The van der Waals surface area contributed by atoms with Crippen molar-refractivity contribution in [1.82, 2.24) is 10.3 Å². The van der Waals surface area contributed by atoms with Crippen LogP contribution in [0.3, 0.4) is 0 Å². The summed E-state index contributed by atoms with van der Waals surface area (Å²) >= 11 is 6.57. The van der Waals surface area contributed by atoms with Crippen LogP contribution in [0.25, 0.3) is 0 Å². The number of rotatable bonds is 5. The van der Waals surface area contributed by atoms with E-state index in [1.54, 1.807) is 6.20 Å². The molecule has 1 aromatic heterocycles. The number of amides is 1. The predicted octanol–water partition coefficient (Wildman–Crippen LogP) is 3.96. The molecular formula is C17H21N3OS2. The Morgan fingerprint density at radius 2 is 1.96 bits per heavy atom. The number of hydrogen-bond acceptors (Lipinski definition) is 4. The molecule has 0 bridgehead atoms. The first-order chi connectivity index (χ1) is 11.0. The van der Waals surface area contributed by atoms with Gasteiger partial charge >= 0.3 is 0 Å². The molecule has 0 aliphatic rings. The van der Waals surface area contributed by atoms with E-state index in [1.807, 2.05) is 24.4 Å². The van der Waals surface area contributed by atoms with Gasteiger partial charge in [-0.1, -0.05) is 38.1 Å². The van der Waals surface area contributed by atoms with Crippen LogP contribution in [-0.4, -0.2) is 16.0 Å². The third-order valence-corrected chi connectivity index (χ3v) is 4.30. The molecule has 1 heterocycles. The van der Waals surface area contributed by atoms with Crippen LogP contribution in [0.4, 0.5) is 5.13 Å². The topological polar surface area (TPSA) is 54.0 Å². The van der Waals surface area contributed by atoms with Crippen LogP contribution >= 0.6 is 23.6 Å². The minimum atomic E-state index is -0.265. The number of thiazole rings is 1. The molecule has 0 aliphatic carbocycles. The maximum atomic E-state index is 12.3. The first kappa shape index (κ1) is 17.6. The zero-order valence-corrected chi connectivity index (χ0v) is 15.1. The predicted molar refractivity (Wildman–Crippen MR) is 99.9 cm³/mol. The molecule has 4 nitrogen and oxygen atoms in total. The highest BCUT2D eigenvalue weighted by Gasteiger charge is 2.16. The molecule has 2 N–H and O–H groups in total. The molecule has 1 unspecified atom stereocenters. The summed E-state index contributed by atoms with van der Waals surface area (Å²) in [5.74, 6) is 0.227. The van der Waals surface area contributed by atoms with Crippen LogP contribution in [0.1, 0.15) is 37.8 Å². The Balaban J connectivity index is 1.92.